The molecule has 0 radical (unpaired) electrons. The molecule has 0 heterocycles. The van der Waals surface area contributed by atoms with Gasteiger partial charge in [-0.3, -0.25) is 0 Å². The van der Waals surface area contributed by atoms with E-state index in [0.717, 1.165) is 0 Å². The van der Waals surface area contributed by atoms with Crippen LogP contribution in [0.15, 0.2) is 11.6 Å². The molecule has 1 fully saturated rings. The maximum atomic E-state index is 5.91. The van der Waals surface area contributed by atoms with Crippen LogP contribution in [-0.2, 0) is 0 Å². The standard InChI is InChI=1S/C15H29N.ClH/c1-6-15(7-2)10-13(8-12(3)16)9-14(4,5)11-15;/h8,12H,6-7,9-11,16H2,1-5H3;1H. The second kappa shape index (κ2) is 6.24. The van der Waals surface area contributed by atoms with Crippen LogP contribution in [0.4, 0.5) is 0 Å². The minimum Gasteiger partial charge on any atom is -0.325 e. The number of hydrogen-bond acceptors (Lipinski definition) is 1. The molecule has 17 heavy (non-hydrogen) atoms. The van der Waals surface area contributed by atoms with Gasteiger partial charge in [-0.25, -0.2) is 0 Å². The molecule has 102 valence electrons. The van der Waals surface area contributed by atoms with Crippen molar-refractivity contribution in [2.45, 2.75) is 72.8 Å². The van der Waals surface area contributed by atoms with Crippen LogP contribution >= 0.6 is 12.4 Å². The summed E-state index contributed by atoms with van der Waals surface area (Å²) in [6, 6.07) is 0.204. The third-order valence-corrected chi connectivity index (χ3v) is 4.16. The van der Waals surface area contributed by atoms with E-state index in [4.69, 9.17) is 5.73 Å². The Morgan fingerprint density at radius 3 is 2.18 bits per heavy atom. The molecule has 2 N–H and O–H groups in total. The van der Waals surface area contributed by atoms with Crippen LogP contribution in [0.25, 0.3) is 0 Å². The van der Waals surface area contributed by atoms with Gasteiger partial charge in [-0.15, -0.1) is 12.4 Å². The third kappa shape index (κ3) is 4.63. The highest BCUT2D eigenvalue weighted by atomic mass is 35.5. The second-order valence-corrected chi connectivity index (χ2v) is 6.59. The van der Waals surface area contributed by atoms with Gasteiger partial charge >= 0.3 is 0 Å². The van der Waals surface area contributed by atoms with Gasteiger partial charge in [0, 0.05) is 6.04 Å². The van der Waals surface area contributed by atoms with Crippen LogP contribution in [0, 0.1) is 10.8 Å². The average Bonchev–Trinajstić information content (AvgIpc) is 2.14. The number of hydrogen-bond donors (Lipinski definition) is 1. The van der Waals surface area contributed by atoms with Crippen LogP contribution < -0.4 is 5.73 Å². The van der Waals surface area contributed by atoms with Crippen molar-refractivity contribution in [1.82, 2.24) is 0 Å². The predicted octanol–water partition coefficient (Wildman–Crippen LogP) is 4.70. The molecule has 1 saturated carbocycles. The van der Waals surface area contributed by atoms with Gasteiger partial charge in [0.25, 0.3) is 0 Å². The van der Waals surface area contributed by atoms with Crippen LogP contribution in [0.2, 0.25) is 0 Å². The highest BCUT2D eigenvalue weighted by Crippen LogP contribution is 2.51. The number of nitrogens with two attached hydrogens (primary N) is 1. The largest absolute Gasteiger partial charge is 0.325 e. The zero-order valence-electron chi connectivity index (χ0n) is 12.2. The lowest BCUT2D eigenvalue weighted by atomic mass is 9.59. The smallest absolute Gasteiger partial charge is 0.0197 e. The van der Waals surface area contributed by atoms with Crippen molar-refractivity contribution >= 4 is 12.4 Å². The summed E-state index contributed by atoms with van der Waals surface area (Å²) in [4.78, 5) is 0. The van der Waals surface area contributed by atoms with Gasteiger partial charge in [-0.05, 0) is 37.0 Å². The van der Waals surface area contributed by atoms with Gasteiger partial charge in [0.2, 0.25) is 0 Å². The first-order valence-corrected chi connectivity index (χ1v) is 6.78. The average molecular weight is 260 g/mol. The molecule has 0 aromatic rings. The summed E-state index contributed by atoms with van der Waals surface area (Å²) in [5.41, 5.74) is 8.48. The van der Waals surface area contributed by atoms with Gasteiger partial charge in [0.15, 0.2) is 0 Å². The van der Waals surface area contributed by atoms with Gasteiger partial charge in [-0.1, -0.05) is 52.2 Å². The fraction of sp³-hybridized carbons (Fsp3) is 0.867. The van der Waals surface area contributed by atoms with Crippen molar-refractivity contribution in [3.63, 3.8) is 0 Å². The Morgan fingerprint density at radius 1 is 1.24 bits per heavy atom. The molecular formula is C15H30ClN. The van der Waals surface area contributed by atoms with E-state index in [1.807, 2.05) is 0 Å². The van der Waals surface area contributed by atoms with E-state index in [-0.39, 0.29) is 18.4 Å². The normalized spacial score (nSPS) is 26.4. The highest BCUT2D eigenvalue weighted by Gasteiger charge is 2.39. The molecule has 0 bridgehead atoms. The van der Waals surface area contributed by atoms with E-state index in [1.165, 1.54) is 32.1 Å². The van der Waals surface area contributed by atoms with Gasteiger partial charge < -0.3 is 5.73 Å². The number of allylic oxidation sites excluding steroid dienone is 1. The Kier molecular flexibility index (Phi) is 6.24. The molecule has 1 nitrogen and oxygen atoms in total. The monoisotopic (exact) mass is 259 g/mol. The lowest BCUT2D eigenvalue weighted by Crippen LogP contribution is -2.34. The van der Waals surface area contributed by atoms with E-state index in [1.54, 1.807) is 5.57 Å². The zero-order valence-corrected chi connectivity index (χ0v) is 13.0. The number of rotatable bonds is 3. The van der Waals surface area contributed by atoms with Crippen molar-refractivity contribution in [2.75, 3.05) is 0 Å². The van der Waals surface area contributed by atoms with E-state index in [2.05, 4.69) is 40.7 Å². The summed E-state index contributed by atoms with van der Waals surface area (Å²) in [5.74, 6) is 0. The van der Waals surface area contributed by atoms with E-state index < -0.39 is 0 Å². The van der Waals surface area contributed by atoms with Crippen LogP contribution in [0.5, 0.6) is 0 Å². The Morgan fingerprint density at radius 2 is 1.76 bits per heavy atom. The van der Waals surface area contributed by atoms with Crippen molar-refractivity contribution in [3.8, 4) is 0 Å². The molecule has 2 heteroatoms. The molecule has 0 spiro atoms. The summed E-state index contributed by atoms with van der Waals surface area (Å²) in [6.07, 6.45) is 8.75. The molecule has 0 aromatic heterocycles. The maximum Gasteiger partial charge on any atom is 0.0197 e. The maximum absolute atomic E-state index is 5.91. The Bertz CT molecular complexity index is 262. The molecule has 0 amide bonds. The summed E-state index contributed by atoms with van der Waals surface area (Å²) < 4.78 is 0. The van der Waals surface area contributed by atoms with Crippen molar-refractivity contribution in [2.24, 2.45) is 16.6 Å². The lowest BCUT2D eigenvalue weighted by Gasteiger charge is -2.46. The van der Waals surface area contributed by atoms with Crippen molar-refractivity contribution in [3.05, 3.63) is 11.6 Å². The van der Waals surface area contributed by atoms with E-state index in [0.29, 0.717) is 10.8 Å². The van der Waals surface area contributed by atoms with E-state index in [9.17, 15) is 0 Å². The summed E-state index contributed by atoms with van der Waals surface area (Å²) in [5, 5.41) is 0. The molecule has 0 aliphatic heterocycles. The Labute approximate surface area is 114 Å². The molecule has 1 rings (SSSR count). The fourth-order valence-electron chi connectivity index (χ4n) is 3.54. The minimum atomic E-state index is 0. The Hall–Kier alpha value is -0.0100. The quantitative estimate of drug-likeness (QED) is 0.731. The first-order chi connectivity index (χ1) is 7.32. The molecule has 1 aliphatic carbocycles. The van der Waals surface area contributed by atoms with Crippen LogP contribution in [0.3, 0.4) is 0 Å². The topological polar surface area (TPSA) is 26.0 Å². The first-order valence-electron chi connectivity index (χ1n) is 6.78. The second-order valence-electron chi connectivity index (χ2n) is 6.59. The van der Waals surface area contributed by atoms with Crippen molar-refractivity contribution in [1.29, 1.82) is 0 Å². The molecule has 1 unspecified atom stereocenters. The van der Waals surface area contributed by atoms with Crippen LogP contribution in [0.1, 0.15) is 66.7 Å². The lowest BCUT2D eigenvalue weighted by molar-refractivity contribution is 0.108. The predicted molar refractivity (Wildman–Crippen MR) is 79.6 cm³/mol. The Balaban J connectivity index is 0.00000256. The summed E-state index contributed by atoms with van der Waals surface area (Å²) in [7, 11) is 0. The van der Waals surface area contributed by atoms with E-state index >= 15 is 0 Å². The summed E-state index contributed by atoms with van der Waals surface area (Å²) in [6.45, 7) is 11.6. The molecule has 1 aliphatic rings. The molecule has 1 atom stereocenters. The molecular weight excluding hydrogens is 230 g/mol. The first kappa shape index (κ1) is 17.0. The van der Waals surface area contributed by atoms with Gasteiger partial charge in [-0.2, -0.15) is 0 Å². The van der Waals surface area contributed by atoms with Crippen molar-refractivity contribution < 1.29 is 0 Å². The highest BCUT2D eigenvalue weighted by molar-refractivity contribution is 5.85. The zero-order chi connectivity index (χ0) is 12.4. The minimum absolute atomic E-state index is 0. The van der Waals surface area contributed by atoms with Gasteiger partial charge in [0.05, 0.1) is 0 Å². The van der Waals surface area contributed by atoms with Gasteiger partial charge in [0.1, 0.15) is 0 Å². The SMILES string of the molecule is CCC1(CC)CC(=CC(C)N)CC(C)(C)C1.Cl. The fourth-order valence-corrected chi connectivity index (χ4v) is 3.54. The summed E-state index contributed by atoms with van der Waals surface area (Å²) >= 11 is 0. The van der Waals surface area contributed by atoms with Crippen LogP contribution in [-0.4, -0.2) is 6.04 Å². The molecule has 0 aromatic carbocycles. The molecule has 0 saturated heterocycles. The number of halogens is 1. The third-order valence-electron chi connectivity index (χ3n) is 4.16.